The molecule has 102 valence electrons. The van der Waals surface area contributed by atoms with Crippen molar-refractivity contribution in [1.82, 2.24) is 9.29 Å². The minimum absolute atomic E-state index is 0.615. The van der Waals surface area contributed by atoms with E-state index in [2.05, 4.69) is 24.0 Å². The molecule has 1 rings (SSSR count). The quantitative estimate of drug-likeness (QED) is 0.480. The third-order valence-corrected chi connectivity index (χ3v) is 2.64. The van der Waals surface area contributed by atoms with E-state index in [-0.39, 0.29) is 0 Å². The minimum atomic E-state index is -5.46. The van der Waals surface area contributed by atoms with Crippen LogP contribution < -0.4 is 9.29 Å². The molecular formula is C8H12F3N4O2S+. The zero-order valence-electron chi connectivity index (χ0n) is 9.64. The highest BCUT2D eigenvalue weighted by Gasteiger charge is 2.45. The second-order valence-electron chi connectivity index (χ2n) is 3.07. The number of hydrogen-bond donors (Lipinski definition) is 1. The molecule has 6 nitrogen and oxygen atoms in total. The standard InChI is InChI=1S/C6H11N2.C2HF3N2O2S/c1-3-8-5-4-7(2)6-8;3-2(4,5)10(8,9)7-1-6/h4-6H,3H2,1-2H3;7H/q+1;. The van der Waals surface area contributed by atoms with Gasteiger partial charge in [0.15, 0.2) is 6.19 Å². The summed E-state index contributed by atoms with van der Waals surface area (Å²) in [6, 6.07) is 0. The van der Waals surface area contributed by atoms with E-state index >= 15 is 0 Å². The molecule has 1 N–H and O–H groups in total. The maximum absolute atomic E-state index is 11.2. The molecule has 0 saturated carbocycles. The largest absolute Gasteiger partial charge is 0.517 e. The van der Waals surface area contributed by atoms with Crippen molar-refractivity contribution in [2.24, 2.45) is 7.05 Å². The number of aromatic nitrogens is 2. The summed E-state index contributed by atoms with van der Waals surface area (Å²) in [4.78, 5) is 0. The molecule has 0 spiro atoms. The molecule has 10 heteroatoms. The van der Waals surface area contributed by atoms with Crippen LogP contribution in [0.25, 0.3) is 0 Å². The van der Waals surface area contributed by atoms with Gasteiger partial charge in [0.05, 0.1) is 13.6 Å². The average molecular weight is 285 g/mol. The maximum Gasteiger partial charge on any atom is 0.517 e. The van der Waals surface area contributed by atoms with E-state index in [1.54, 1.807) is 0 Å². The molecule has 0 bridgehead atoms. The molecule has 0 atom stereocenters. The summed E-state index contributed by atoms with van der Waals surface area (Å²) in [6.07, 6.45) is 6.80. The normalized spacial score (nSPS) is 11.1. The number of nitrogens with zero attached hydrogens (tertiary/aromatic N) is 3. The Hall–Kier alpha value is -1.76. The number of alkyl halides is 3. The van der Waals surface area contributed by atoms with Crippen LogP contribution in [0, 0.1) is 11.5 Å². The van der Waals surface area contributed by atoms with Crippen molar-refractivity contribution in [1.29, 1.82) is 5.26 Å². The highest BCUT2D eigenvalue weighted by atomic mass is 32.2. The fourth-order valence-corrected chi connectivity index (χ4v) is 1.04. The fraction of sp³-hybridized carbons (Fsp3) is 0.500. The van der Waals surface area contributed by atoms with Crippen molar-refractivity contribution in [3.8, 4) is 6.19 Å². The Morgan fingerprint density at radius 1 is 1.50 bits per heavy atom. The Balaban J connectivity index is 0.000000327. The van der Waals surface area contributed by atoms with Gasteiger partial charge in [-0.2, -0.15) is 26.9 Å². The first kappa shape index (κ1) is 16.2. The summed E-state index contributed by atoms with van der Waals surface area (Å²) < 4.78 is 58.0. The second kappa shape index (κ2) is 6.25. The molecule has 1 heterocycles. The molecule has 0 aromatic carbocycles. The van der Waals surface area contributed by atoms with Gasteiger partial charge in [0.1, 0.15) is 12.4 Å². The smallest absolute Gasteiger partial charge is 0.240 e. The second-order valence-corrected chi connectivity index (χ2v) is 4.75. The predicted molar refractivity (Wildman–Crippen MR) is 55.0 cm³/mol. The molecule has 0 radical (unpaired) electrons. The SMILES string of the molecule is CC[n+]1ccn(C)c1.N#CNS(=O)(=O)C(F)(F)F. The molecule has 0 unspecified atom stereocenters. The van der Waals surface area contributed by atoms with Gasteiger partial charge in [-0.05, 0) is 6.92 Å². The maximum atomic E-state index is 11.2. The average Bonchev–Trinajstić information content (AvgIpc) is 2.63. The van der Waals surface area contributed by atoms with E-state index in [1.165, 1.54) is 0 Å². The summed E-state index contributed by atoms with van der Waals surface area (Å²) in [7, 11) is -3.44. The topological polar surface area (TPSA) is 78.8 Å². The highest BCUT2D eigenvalue weighted by Crippen LogP contribution is 2.20. The van der Waals surface area contributed by atoms with Gasteiger partial charge >= 0.3 is 15.5 Å². The lowest BCUT2D eigenvalue weighted by molar-refractivity contribution is -0.693. The molecule has 0 aliphatic carbocycles. The van der Waals surface area contributed by atoms with Gasteiger partial charge in [-0.3, -0.25) is 0 Å². The summed E-state index contributed by atoms with van der Waals surface area (Å²) >= 11 is 0. The van der Waals surface area contributed by atoms with Crippen molar-refractivity contribution in [3.63, 3.8) is 0 Å². The molecule has 0 aliphatic rings. The van der Waals surface area contributed by atoms with Crippen LogP contribution >= 0.6 is 0 Å². The first-order chi connectivity index (χ1) is 8.14. The fourth-order valence-electron chi connectivity index (χ4n) is 0.807. The van der Waals surface area contributed by atoms with Crippen LogP contribution in [0.4, 0.5) is 13.2 Å². The van der Waals surface area contributed by atoms with Gasteiger partial charge in [-0.15, -0.1) is 0 Å². The molecule has 18 heavy (non-hydrogen) atoms. The van der Waals surface area contributed by atoms with E-state index in [4.69, 9.17) is 5.26 Å². The van der Waals surface area contributed by atoms with Gasteiger partial charge in [0.2, 0.25) is 6.33 Å². The number of sulfonamides is 1. The van der Waals surface area contributed by atoms with Crippen LogP contribution in [0.2, 0.25) is 0 Å². The molecule has 0 aliphatic heterocycles. The number of nitrogens with one attached hydrogen (secondary N) is 1. The molecular weight excluding hydrogens is 273 g/mol. The predicted octanol–water partition coefficient (Wildman–Crippen LogP) is 0.239. The van der Waals surface area contributed by atoms with Crippen molar-refractivity contribution in [2.75, 3.05) is 0 Å². The summed E-state index contributed by atoms with van der Waals surface area (Å²) in [5, 5.41) is 7.52. The number of halogens is 3. The number of hydrogen-bond acceptors (Lipinski definition) is 3. The number of nitriles is 1. The van der Waals surface area contributed by atoms with E-state index < -0.39 is 15.5 Å². The minimum Gasteiger partial charge on any atom is -0.240 e. The van der Waals surface area contributed by atoms with Crippen molar-refractivity contribution in [3.05, 3.63) is 18.7 Å². The molecule has 0 amide bonds. The Bertz CT molecular complexity index is 515. The third-order valence-electron chi connectivity index (χ3n) is 1.67. The number of imidazole rings is 1. The number of rotatable bonds is 2. The summed E-state index contributed by atoms with van der Waals surface area (Å²) in [5.74, 6) is 0. The van der Waals surface area contributed by atoms with Crippen molar-refractivity contribution < 1.29 is 26.2 Å². The van der Waals surface area contributed by atoms with Crippen LogP contribution in [0.3, 0.4) is 0 Å². The van der Waals surface area contributed by atoms with E-state index in [0.717, 1.165) is 6.54 Å². The van der Waals surface area contributed by atoms with Crippen LogP contribution in [0.1, 0.15) is 6.92 Å². The van der Waals surface area contributed by atoms with Crippen LogP contribution in [-0.2, 0) is 23.6 Å². The van der Waals surface area contributed by atoms with Crippen LogP contribution in [0.15, 0.2) is 18.7 Å². The molecule has 0 fully saturated rings. The molecule has 1 aromatic rings. The van der Waals surface area contributed by atoms with Crippen LogP contribution in [0.5, 0.6) is 0 Å². The summed E-state index contributed by atoms with van der Waals surface area (Å²) in [6.45, 7) is 3.18. The van der Waals surface area contributed by atoms with E-state index in [9.17, 15) is 21.6 Å². The van der Waals surface area contributed by atoms with Gasteiger partial charge in [0.25, 0.3) is 0 Å². The van der Waals surface area contributed by atoms with Gasteiger partial charge in [-0.1, -0.05) is 0 Å². The lowest BCUT2D eigenvalue weighted by Gasteiger charge is -2.02. The van der Waals surface area contributed by atoms with E-state index in [0.29, 0.717) is 10.9 Å². The van der Waals surface area contributed by atoms with Crippen LogP contribution in [-0.4, -0.2) is 18.5 Å². The Morgan fingerprint density at radius 2 is 2.06 bits per heavy atom. The lowest BCUT2D eigenvalue weighted by Crippen LogP contribution is -2.33. The summed E-state index contributed by atoms with van der Waals surface area (Å²) in [5.41, 5.74) is -5.41. The van der Waals surface area contributed by atoms with Crippen molar-refractivity contribution >= 4 is 10.0 Å². The third kappa shape index (κ3) is 5.05. The Labute approximate surface area is 102 Å². The Morgan fingerprint density at radius 3 is 2.22 bits per heavy atom. The highest BCUT2D eigenvalue weighted by molar-refractivity contribution is 7.90. The monoisotopic (exact) mass is 285 g/mol. The molecule has 1 aromatic heterocycles. The zero-order chi connectivity index (χ0) is 14.4. The van der Waals surface area contributed by atoms with Gasteiger partial charge in [0, 0.05) is 0 Å². The van der Waals surface area contributed by atoms with Gasteiger partial charge in [-0.25, -0.2) is 13.9 Å². The van der Waals surface area contributed by atoms with Crippen molar-refractivity contribution in [2.45, 2.75) is 19.0 Å². The lowest BCUT2D eigenvalue weighted by atomic mass is 10.7. The molecule has 0 saturated heterocycles. The number of aryl methyl sites for hydroxylation is 2. The van der Waals surface area contributed by atoms with Gasteiger partial charge < -0.3 is 0 Å². The first-order valence-electron chi connectivity index (χ1n) is 4.62. The first-order valence-corrected chi connectivity index (χ1v) is 6.10. The Kier molecular flexibility index (Phi) is 5.64. The zero-order valence-corrected chi connectivity index (χ0v) is 10.5. The van der Waals surface area contributed by atoms with E-state index in [1.807, 2.05) is 17.8 Å².